The minimum atomic E-state index is -0.848. The van der Waals surface area contributed by atoms with Gasteiger partial charge in [0.05, 0.1) is 13.2 Å². The van der Waals surface area contributed by atoms with Crippen LogP contribution in [-0.2, 0) is 28.5 Å². The zero-order chi connectivity index (χ0) is 24.5. The first-order chi connectivity index (χ1) is 16.4. The molecule has 188 valence electrons. The van der Waals surface area contributed by atoms with Crippen LogP contribution in [0, 0.1) is 5.92 Å². The standard InChI is InChI=1S/C23H32N2O9/c1-4-30-12-18(26)32-13-33-21-17(29-3)8-10-24-19(21)22(27)25-16-7-5-6-15-9-11-31-20(15)14(2)34-23(16)28/h8,10,14-16,20H,4-7,9,11-13H2,1-3H3,(H,25,27)/t14-,15+,16-,20-/m0/s1. The number of ether oxygens (including phenoxy) is 6. The van der Waals surface area contributed by atoms with Crippen molar-refractivity contribution in [1.29, 1.82) is 0 Å². The number of rotatable bonds is 9. The van der Waals surface area contributed by atoms with E-state index in [1.54, 1.807) is 6.92 Å². The van der Waals surface area contributed by atoms with Crippen LogP contribution in [0.5, 0.6) is 11.5 Å². The molecule has 2 fully saturated rings. The zero-order valence-corrected chi connectivity index (χ0v) is 19.7. The SMILES string of the molecule is CCOCC(=O)OCOc1c(OC)ccnc1C(=O)N[C@H]1CCC[C@@H]2CCO[C@H]2[C@H](C)OC1=O. The highest BCUT2D eigenvalue weighted by Crippen LogP contribution is 2.32. The van der Waals surface area contributed by atoms with Crippen LogP contribution in [0.15, 0.2) is 12.3 Å². The molecule has 1 aromatic rings. The first kappa shape index (κ1) is 25.7. The van der Waals surface area contributed by atoms with Gasteiger partial charge in [0.25, 0.3) is 5.91 Å². The molecule has 1 N–H and O–H groups in total. The summed E-state index contributed by atoms with van der Waals surface area (Å²) in [5.41, 5.74) is -0.110. The summed E-state index contributed by atoms with van der Waals surface area (Å²) in [6.45, 7) is 3.92. The number of cyclic esters (lactones) is 1. The van der Waals surface area contributed by atoms with Crippen molar-refractivity contribution in [2.45, 2.75) is 57.8 Å². The average Bonchev–Trinajstić information content (AvgIpc) is 3.31. The Labute approximate surface area is 198 Å². The monoisotopic (exact) mass is 480 g/mol. The van der Waals surface area contributed by atoms with Gasteiger partial charge in [-0.05, 0) is 39.0 Å². The number of methoxy groups -OCH3 is 1. The minimum Gasteiger partial charge on any atom is -0.493 e. The van der Waals surface area contributed by atoms with Crippen molar-refractivity contribution in [2.75, 3.05) is 33.7 Å². The Kier molecular flexibility index (Phi) is 9.46. The van der Waals surface area contributed by atoms with Crippen molar-refractivity contribution in [3.63, 3.8) is 0 Å². The molecule has 4 atom stereocenters. The molecule has 1 amide bonds. The quantitative estimate of drug-likeness (QED) is 0.411. The third-order valence-corrected chi connectivity index (χ3v) is 5.84. The van der Waals surface area contributed by atoms with Crippen molar-refractivity contribution in [1.82, 2.24) is 10.3 Å². The van der Waals surface area contributed by atoms with Gasteiger partial charge in [-0.1, -0.05) is 6.42 Å². The molecule has 0 radical (unpaired) electrons. The largest absolute Gasteiger partial charge is 0.493 e. The van der Waals surface area contributed by atoms with Crippen LogP contribution in [-0.4, -0.2) is 74.8 Å². The molecule has 0 unspecified atom stereocenters. The molecule has 2 aliphatic heterocycles. The smallest absolute Gasteiger partial charge is 0.334 e. The van der Waals surface area contributed by atoms with Gasteiger partial charge in [-0.15, -0.1) is 0 Å². The summed E-state index contributed by atoms with van der Waals surface area (Å²) in [6.07, 6.45) is 3.84. The van der Waals surface area contributed by atoms with Crippen LogP contribution >= 0.6 is 0 Å². The predicted octanol–water partition coefficient (Wildman–Crippen LogP) is 1.63. The fourth-order valence-electron chi connectivity index (χ4n) is 4.15. The van der Waals surface area contributed by atoms with E-state index in [-0.39, 0.29) is 29.9 Å². The van der Waals surface area contributed by atoms with Crippen LogP contribution in [0.3, 0.4) is 0 Å². The fraction of sp³-hybridized carbons (Fsp3) is 0.652. The number of amides is 1. The fourth-order valence-corrected chi connectivity index (χ4v) is 4.15. The molecule has 11 heteroatoms. The zero-order valence-electron chi connectivity index (χ0n) is 19.7. The second-order valence-electron chi connectivity index (χ2n) is 8.09. The number of nitrogens with one attached hydrogen (secondary N) is 1. The van der Waals surface area contributed by atoms with Crippen LogP contribution in [0.4, 0.5) is 0 Å². The number of nitrogens with zero attached hydrogens (tertiary/aromatic N) is 1. The van der Waals surface area contributed by atoms with Gasteiger partial charge in [-0.25, -0.2) is 14.6 Å². The maximum absolute atomic E-state index is 13.1. The lowest BCUT2D eigenvalue weighted by Gasteiger charge is -2.24. The summed E-state index contributed by atoms with van der Waals surface area (Å²) in [7, 11) is 1.40. The lowest BCUT2D eigenvalue weighted by Crippen LogP contribution is -2.44. The third kappa shape index (κ3) is 6.57. The third-order valence-electron chi connectivity index (χ3n) is 5.84. The lowest BCUT2D eigenvalue weighted by molar-refractivity contribution is -0.157. The molecular formula is C23H32N2O9. The van der Waals surface area contributed by atoms with Crippen molar-refractivity contribution >= 4 is 17.8 Å². The van der Waals surface area contributed by atoms with E-state index < -0.39 is 36.8 Å². The molecule has 34 heavy (non-hydrogen) atoms. The normalized spacial score (nSPS) is 24.6. The van der Waals surface area contributed by atoms with E-state index in [4.69, 9.17) is 28.4 Å². The summed E-state index contributed by atoms with van der Waals surface area (Å²) in [5, 5.41) is 2.71. The van der Waals surface area contributed by atoms with E-state index in [1.807, 2.05) is 6.92 Å². The van der Waals surface area contributed by atoms with Crippen molar-refractivity contribution in [2.24, 2.45) is 5.92 Å². The number of carbonyl (C=O) groups is 3. The van der Waals surface area contributed by atoms with Gasteiger partial charge in [0.1, 0.15) is 18.8 Å². The molecule has 0 aromatic carbocycles. The van der Waals surface area contributed by atoms with Crippen LogP contribution in [0.2, 0.25) is 0 Å². The van der Waals surface area contributed by atoms with Gasteiger partial charge in [-0.3, -0.25) is 4.79 Å². The van der Waals surface area contributed by atoms with Gasteiger partial charge in [0.2, 0.25) is 6.79 Å². The molecular weight excluding hydrogens is 448 g/mol. The Hall–Kier alpha value is -2.92. The number of hydrogen-bond donors (Lipinski definition) is 1. The van der Waals surface area contributed by atoms with Gasteiger partial charge in [-0.2, -0.15) is 0 Å². The van der Waals surface area contributed by atoms with Gasteiger partial charge >= 0.3 is 11.9 Å². The van der Waals surface area contributed by atoms with Crippen LogP contribution in [0.25, 0.3) is 0 Å². The average molecular weight is 481 g/mol. The summed E-state index contributed by atoms with van der Waals surface area (Å²) in [6, 6.07) is 0.654. The molecule has 2 aliphatic rings. The first-order valence-electron chi connectivity index (χ1n) is 11.5. The van der Waals surface area contributed by atoms with Crippen molar-refractivity contribution < 1.29 is 42.8 Å². The number of pyridine rings is 1. The van der Waals surface area contributed by atoms with E-state index in [0.717, 1.165) is 19.3 Å². The minimum absolute atomic E-state index is 0.0144. The topological polar surface area (TPSA) is 132 Å². The first-order valence-corrected chi connectivity index (χ1v) is 11.5. The van der Waals surface area contributed by atoms with Crippen LogP contribution in [0.1, 0.15) is 50.0 Å². The van der Waals surface area contributed by atoms with E-state index in [1.165, 1.54) is 19.4 Å². The van der Waals surface area contributed by atoms with E-state index in [2.05, 4.69) is 10.3 Å². The Bertz CT molecular complexity index is 863. The number of carbonyl (C=O) groups excluding carboxylic acids is 3. The maximum Gasteiger partial charge on any atom is 0.334 e. The highest BCUT2D eigenvalue weighted by Gasteiger charge is 2.38. The highest BCUT2D eigenvalue weighted by atomic mass is 16.7. The number of hydrogen-bond acceptors (Lipinski definition) is 10. The molecule has 3 heterocycles. The summed E-state index contributed by atoms with van der Waals surface area (Å²) in [4.78, 5) is 41.6. The summed E-state index contributed by atoms with van der Waals surface area (Å²) >= 11 is 0. The second-order valence-corrected chi connectivity index (χ2v) is 8.09. The summed E-state index contributed by atoms with van der Waals surface area (Å²) < 4.78 is 32.1. The number of aromatic nitrogens is 1. The second kappa shape index (κ2) is 12.5. The van der Waals surface area contributed by atoms with Crippen molar-refractivity contribution in [3.8, 4) is 11.5 Å². The van der Waals surface area contributed by atoms with E-state index in [9.17, 15) is 14.4 Å². The lowest BCUT2D eigenvalue weighted by atomic mass is 9.92. The highest BCUT2D eigenvalue weighted by molar-refractivity contribution is 5.98. The Balaban J connectivity index is 1.68. The molecule has 11 nitrogen and oxygen atoms in total. The van der Waals surface area contributed by atoms with E-state index in [0.29, 0.717) is 25.6 Å². The summed E-state index contributed by atoms with van der Waals surface area (Å²) in [5.74, 6) is -1.24. The molecule has 1 aromatic heterocycles. The number of fused-ring (bicyclic) bond motifs is 1. The Morgan fingerprint density at radius 2 is 2.09 bits per heavy atom. The van der Waals surface area contributed by atoms with Crippen LogP contribution < -0.4 is 14.8 Å². The maximum atomic E-state index is 13.1. The predicted molar refractivity (Wildman–Crippen MR) is 117 cm³/mol. The van der Waals surface area contributed by atoms with Gasteiger partial charge < -0.3 is 33.7 Å². The Morgan fingerprint density at radius 1 is 1.26 bits per heavy atom. The van der Waals surface area contributed by atoms with Crippen molar-refractivity contribution in [3.05, 3.63) is 18.0 Å². The molecule has 0 bridgehead atoms. The Morgan fingerprint density at radius 3 is 2.85 bits per heavy atom. The molecule has 2 saturated heterocycles. The molecule has 0 aliphatic carbocycles. The molecule has 3 rings (SSSR count). The van der Waals surface area contributed by atoms with Gasteiger partial charge in [0.15, 0.2) is 17.2 Å². The molecule has 0 saturated carbocycles. The number of esters is 2. The van der Waals surface area contributed by atoms with E-state index >= 15 is 0 Å². The van der Waals surface area contributed by atoms with Gasteiger partial charge in [0, 0.05) is 25.5 Å². The molecule has 0 spiro atoms.